The van der Waals surface area contributed by atoms with E-state index in [-0.39, 0.29) is 0 Å². The minimum absolute atomic E-state index is 0.367. The van der Waals surface area contributed by atoms with Gasteiger partial charge in [0, 0.05) is 25.1 Å². The topological polar surface area (TPSA) is 55.8 Å². The Hall–Kier alpha value is -2.04. The van der Waals surface area contributed by atoms with E-state index in [9.17, 15) is 9.59 Å². The van der Waals surface area contributed by atoms with Crippen molar-refractivity contribution in [2.75, 3.05) is 26.3 Å². The van der Waals surface area contributed by atoms with Crippen LogP contribution in [0.2, 0.25) is 0 Å². The van der Waals surface area contributed by atoms with Crippen molar-refractivity contribution in [3.8, 4) is 11.5 Å². The number of hydrogen-bond donors (Lipinski definition) is 0. The number of carbonyl (C=O) groups excluding carboxylic acids is 2. The van der Waals surface area contributed by atoms with Gasteiger partial charge >= 0.3 is 0 Å². The molecule has 0 aliphatic carbocycles. The van der Waals surface area contributed by atoms with Gasteiger partial charge in [-0.3, -0.25) is 9.59 Å². The fraction of sp³-hybridized carbons (Fsp3) is 0.467. The lowest BCUT2D eigenvalue weighted by Crippen LogP contribution is -2.34. The van der Waals surface area contributed by atoms with Crippen molar-refractivity contribution < 1.29 is 19.1 Å². The van der Waals surface area contributed by atoms with Gasteiger partial charge in [0.15, 0.2) is 11.5 Å². The van der Waals surface area contributed by atoms with Crippen LogP contribution in [0.3, 0.4) is 0 Å². The van der Waals surface area contributed by atoms with E-state index in [1.165, 1.54) is 0 Å². The second kappa shape index (κ2) is 5.53. The average Bonchev–Trinajstić information content (AvgIpc) is 2.91. The zero-order valence-electron chi connectivity index (χ0n) is 11.3. The lowest BCUT2D eigenvalue weighted by Gasteiger charge is -2.14. The molecule has 5 nitrogen and oxygen atoms in total. The van der Waals surface area contributed by atoms with Crippen LogP contribution in [0.4, 0.5) is 0 Å². The fourth-order valence-corrected chi connectivity index (χ4v) is 2.49. The van der Waals surface area contributed by atoms with Gasteiger partial charge in [-0.25, -0.2) is 0 Å². The highest BCUT2D eigenvalue weighted by Crippen LogP contribution is 2.30. The van der Waals surface area contributed by atoms with Crippen LogP contribution in [0.15, 0.2) is 18.2 Å². The van der Waals surface area contributed by atoms with E-state index in [1.807, 2.05) is 0 Å². The fourth-order valence-electron chi connectivity index (χ4n) is 2.49. The Morgan fingerprint density at radius 2 is 1.65 bits per heavy atom. The molecular weight excluding hydrogens is 258 g/mol. The number of nitrogens with zero attached hydrogens (tertiary/aromatic N) is 1. The van der Waals surface area contributed by atoms with Crippen molar-refractivity contribution >= 4 is 11.7 Å². The predicted octanol–water partition coefficient (Wildman–Crippen LogP) is 1.65. The summed E-state index contributed by atoms with van der Waals surface area (Å²) in [6.07, 6.45) is 2.75. The van der Waals surface area contributed by atoms with Crippen LogP contribution < -0.4 is 9.47 Å². The van der Waals surface area contributed by atoms with Gasteiger partial charge in [0.25, 0.3) is 11.7 Å². The monoisotopic (exact) mass is 275 g/mol. The standard InChI is InChI=1S/C15H17NO4/c17-14(15(18)16-6-1-2-7-16)11-4-5-12-13(10-11)20-9-3-8-19-12/h4-5,10H,1-3,6-9H2. The molecule has 3 rings (SSSR count). The van der Waals surface area contributed by atoms with E-state index in [0.29, 0.717) is 43.4 Å². The van der Waals surface area contributed by atoms with Crippen molar-refractivity contribution in [2.45, 2.75) is 19.3 Å². The molecule has 0 aromatic heterocycles. The predicted molar refractivity (Wildman–Crippen MR) is 72.2 cm³/mol. The zero-order chi connectivity index (χ0) is 13.9. The van der Waals surface area contributed by atoms with E-state index < -0.39 is 11.7 Å². The molecule has 0 spiro atoms. The third-order valence-electron chi connectivity index (χ3n) is 3.60. The smallest absolute Gasteiger partial charge is 0.294 e. The van der Waals surface area contributed by atoms with Crippen molar-refractivity contribution in [2.24, 2.45) is 0 Å². The van der Waals surface area contributed by atoms with Gasteiger partial charge in [0.05, 0.1) is 13.2 Å². The number of hydrogen-bond acceptors (Lipinski definition) is 4. The molecule has 1 fully saturated rings. The Balaban J connectivity index is 1.81. The summed E-state index contributed by atoms with van der Waals surface area (Å²) in [5.41, 5.74) is 0.367. The third-order valence-corrected chi connectivity index (χ3v) is 3.60. The van der Waals surface area contributed by atoms with E-state index in [4.69, 9.17) is 9.47 Å². The van der Waals surface area contributed by atoms with Gasteiger partial charge in [0.2, 0.25) is 0 Å². The lowest BCUT2D eigenvalue weighted by molar-refractivity contribution is -0.125. The molecule has 106 valence electrons. The average molecular weight is 275 g/mol. The molecule has 0 unspecified atom stereocenters. The molecule has 2 aliphatic rings. The highest BCUT2D eigenvalue weighted by Gasteiger charge is 2.26. The van der Waals surface area contributed by atoms with Crippen LogP contribution in [-0.4, -0.2) is 42.9 Å². The maximum atomic E-state index is 12.2. The first kappa shape index (κ1) is 13.0. The van der Waals surface area contributed by atoms with Crippen molar-refractivity contribution in [3.05, 3.63) is 23.8 Å². The van der Waals surface area contributed by atoms with Gasteiger partial charge in [-0.1, -0.05) is 0 Å². The highest BCUT2D eigenvalue weighted by molar-refractivity contribution is 6.42. The lowest BCUT2D eigenvalue weighted by atomic mass is 10.1. The number of fused-ring (bicyclic) bond motifs is 1. The third kappa shape index (κ3) is 2.48. The normalized spacial score (nSPS) is 17.7. The van der Waals surface area contributed by atoms with Crippen LogP contribution in [0, 0.1) is 0 Å². The molecule has 20 heavy (non-hydrogen) atoms. The van der Waals surface area contributed by atoms with Crippen LogP contribution in [0.5, 0.6) is 11.5 Å². The van der Waals surface area contributed by atoms with Crippen LogP contribution in [-0.2, 0) is 4.79 Å². The summed E-state index contributed by atoms with van der Waals surface area (Å²) in [4.78, 5) is 25.9. The number of carbonyl (C=O) groups is 2. The quantitative estimate of drug-likeness (QED) is 0.608. The first-order chi connectivity index (χ1) is 9.75. The van der Waals surface area contributed by atoms with E-state index in [1.54, 1.807) is 23.1 Å². The highest BCUT2D eigenvalue weighted by atomic mass is 16.5. The number of amides is 1. The number of benzene rings is 1. The van der Waals surface area contributed by atoms with Gasteiger partial charge in [-0.15, -0.1) is 0 Å². The first-order valence-corrected chi connectivity index (χ1v) is 6.99. The number of ketones is 1. The zero-order valence-corrected chi connectivity index (χ0v) is 11.3. The van der Waals surface area contributed by atoms with Crippen LogP contribution >= 0.6 is 0 Å². The second-order valence-corrected chi connectivity index (χ2v) is 5.04. The number of Topliss-reactive ketones (excluding diaryl/α,β-unsaturated/α-hetero) is 1. The molecular formula is C15H17NO4. The van der Waals surface area contributed by atoms with Crippen LogP contribution in [0.25, 0.3) is 0 Å². The molecule has 0 bridgehead atoms. The summed E-state index contributed by atoms with van der Waals surface area (Å²) in [6.45, 7) is 2.52. The largest absolute Gasteiger partial charge is 0.490 e. The summed E-state index contributed by atoms with van der Waals surface area (Å²) in [5, 5.41) is 0. The van der Waals surface area contributed by atoms with Crippen molar-refractivity contribution in [1.82, 2.24) is 4.90 Å². The van der Waals surface area contributed by atoms with Gasteiger partial charge in [-0.2, -0.15) is 0 Å². The summed E-state index contributed by atoms with van der Waals surface area (Å²) in [7, 11) is 0. The molecule has 0 saturated carbocycles. The molecule has 0 radical (unpaired) electrons. The molecule has 1 amide bonds. The SMILES string of the molecule is O=C(C(=O)N1CCCC1)c1ccc2c(c1)OCCCO2. The minimum Gasteiger partial charge on any atom is -0.490 e. The molecule has 5 heteroatoms. The van der Waals surface area contributed by atoms with Crippen molar-refractivity contribution in [3.63, 3.8) is 0 Å². The van der Waals surface area contributed by atoms with E-state index in [2.05, 4.69) is 0 Å². The molecule has 1 saturated heterocycles. The Morgan fingerprint density at radius 1 is 0.950 bits per heavy atom. The number of ether oxygens (including phenoxy) is 2. The number of rotatable bonds is 2. The molecule has 1 aromatic carbocycles. The Morgan fingerprint density at radius 3 is 2.40 bits per heavy atom. The van der Waals surface area contributed by atoms with Crippen LogP contribution in [0.1, 0.15) is 29.6 Å². The minimum atomic E-state index is -0.470. The summed E-state index contributed by atoms with van der Waals surface area (Å²) < 4.78 is 11.1. The van der Waals surface area contributed by atoms with Gasteiger partial charge < -0.3 is 14.4 Å². The Bertz CT molecular complexity index is 535. The van der Waals surface area contributed by atoms with E-state index in [0.717, 1.165) is 19.3 Å². The van der Waals surface area contributed by atoms with Gasteiger partial charge in [-0.05, 0) is 31.0 Å². The molecule has 0 N–H and O–H groups in total. The Kier molecular flexibility index (Phi) is 3.58. The maximum absolute atomic E-state index is 12.2. The van der Waals surface area contributed by atoms with Gasteiger partial charge in [0.1, 0.15) is 0 Å². The molecule has 2 aliphatic heterocycles. The Labute approximate surface area is 117 Å². The van der Waals surface area contributed by atoms with E-state index >= 15 is 0 Å². The summed E-state index contributed by atoms with van der Waals surface area (Å²) in [5.74, 6) is 0.287. The second-order valence-electron chi connectivity index (χ2n) is 5.04. The molecule has 0 atom stereocenters. The summed E-state index contributed by atoms with van der Waals surface area (Å²) in [6, 6.07) is 4.94. The van der Waals surface area contributed by atoms with Crippen molar-refractivity contribution in [1.29, 1.82) is 0 Å². The molecule has 2 heterocycles. The summed E-state index contributed by atoms with van der Waals surface area (Å²) >= 11 is 0. The molecule has 1 aromatic rings. The number of likely N-dealkylation sites (tertiary alicyclic amines) is 1. The first-order valence-electron chi connectivity index (χ1n) is 6.99. The maximum Gasteiger partial charge on any atom is 0.294 e.